The zero-order valence-corrected chi connectivity index (χ0v) is 19.5. The molecular weight excluding hydrogens is 443 g/mol. The van der Waals surface area contributed by atoms with Gasteiger partial charge in [-0.1, -0.05) is 23.7 Å². The summed E-state index contributed by atoms with van der Waals surface area (Å²) in [6, 6.07) is 8.32. The molecule has 6 nitrogen and oxygen atoms in total. The van der Waals surface area contributed by atoms with Crippen molar-refractivity contribution in [3.63, 3.8) is 0 Å². The van der Waals surface area contributed by atoms with E-state index in [4.69, 9.17) is 11.6 Å². The van der Waals surface area contributed by atoms with Crippen LogP contribution in [0.4, 0.5) is 4.39 Å². The first-order valence-electron chi connectivity index (χ1n) is 10.9. The molecule has 1 aliphatic heterocycles. The van der Waals surface area contributed by atoms with E-state index in [0.717, 1.165) is 44.0 Å². The van der Waals surface area contributed by atoms with Crippen LogP contribution in [0.25, 0.3) is 0 Å². The number of carbonyl (C=O) groups excluding carboxylic acids is 2. The molecule has 0 saturated carbocycles. The lowest BCUT2D eigenvalue weighted by Crippen LogP contribution is -2.44. The lowest BCUT2D eigenvalue weighted by atomic mass is 10.0. The predicted molar refractivity (Wildman–Crippen MR) is 125 cm³/mol. The van der Waals surface area contributed by atoms with Crippen molar-refractivity contribution in [2.75, 3.05) is 33.2 Å². The maximum absolute atomic E-state index is 14.5. The number of halogens is 2. The fraction of sp³-hybridized carbons (Fsp3) is 0.320. The molecule has 0 radical (unpaired) electrons. The molecule has 1 fully saturated rings. The third kappa shape index (κ3) is 5.38. The average Bonchev–Trinajstić information content (AvgIpc) is 3.30. The van der Waals surface area contributed by atoms with Crippen LogP contribution in [-0.2, 0) is 13.0 Å². The highest BCUT2D eigenvalue weighted by molar-refractivity contribution is 6.35. The minimum atomic E-state index is -0.649. The number of hydrogen-bond acceptors (Lipinski definition) is 5. The maximum Gasteiger partial charge on any atom is 0.199 e. The van der Waals surface area contributed by atoms with Crippen molar-refractivity contribution in [1.29, 1.82) is 0 Å². The number of aryl methyl sites for hydroxylation is 1. The fourth-order valence-corrected chi connectivity index (χ4v) is 4.10. The number of hydrogen-bond donors (Lipinski definition) is 1. The number of Topliss-reactive ketones (excluding diaryl/α,β-unsaturated/α-hetero) is 1. The van der Waals surface area contributed by atoms with Crippen LogP contribution in [-0.4, -0.2) is 64.6 Å². The first-order valence-corrected chi connectivity index (χ1v) is 11.2. The van der Waals surface area contributed by atoms with Gasteiger partial charge < -0.3 is 9.88 Å². The van der Waals surface area contributed by atoms with Gasteiger partial charge in [-0.3, -0.25) is 19.5 Å². The Kier molecular flexibility index (Phi) is 7.02. The average molecular weight is 469 g/mol. The Morgan fingerprint density at radius 1 is 1.15 bits per heavy atom. The van der Waals surface area contributed by atoms with Crippen molar-refractivity contribution in [2.45, 2.75) is 19.9 Å². The lowest BCUT2D eigenvalue weighted by molar-refractivity contribution is 0.0988. The number of piperazine rings is 1. The molecule has 0 aliphatic carbocycles. The zero-order chi connectivity index (χ0) is 23.5. The predicted octanol–water partition coefficient (Wildman–Crippen LogP) is 3.91. The summed E-state index contributed by atoms with van der Waals surface area (Å²) in [5.74, 6) is -1.39. The summed E-state index contributed by atoms with van der Waals surface area (Å²) in [5, 5.41) is 0.0416. The largest absolute Gasteiger partial charge is 0.358 e. The molecule has 0 atom stereocenters. The number of aromatic amines is 1. The van der Waals surface area contributed by atoms with Crippen LogP contribution in [0.15, 0.2) is 42.7 Å². The van der Waals surface area contributed by atoms with E-state index in [-0.39, 0.29) is 34.0 Å². The fourth-order valence-electron chi connectivity index (χ4n) is 3.86. The topological polar surface area (TPSA) is 69.3 Å². The second-order valence-electron chi connectivity index (χ2n) is 8.52. The molecule has 4 rings (SSSR count). The van der Waals surface area contributed by atoms with E-state index in [0.29, 0.717) is 5.56 Å². The summed E-state index contributed by atoms with van der Waals surface area (Å²) < 4.78 is 14.5. The molecule has 0 unspecified atom stereocenters. The summed E-state index contributed by atoms with van der Waals surface area (Å²) in [6.45, 7) is 6.50. The van der Waals surface area contributed by atoms with Crippen molar-refractivity contribution in [3.05, 3.63) is 87.2 Å². The van der Waals surface area contributed by atoms with E-state index >= 15 is 0 Å². The molecule has 0 amide bonds. The molecule has 0 bridgehead atoms. The van der Waals surface area contributed by atoms with Gasteiger partial charge in [-0.2, -0.15) is 0 Å². The third-order valence-corrected chi connectivity index (χ3v) is 6.30. The number of pyridine rings is 1. The van der Waals surface area contributed by atoms with E-state index in [2.05, 4.69) is 26.8 Å². The van der Waals surface area contributed by atoms with Crippen LogP contribution in [0.5, 0.6) is 0 Å². The number of likely N-dealkylation sites (N-methyl/N-ethyl adjacent to an activating group) is 1. The number of nitrogens with zero attached hydrogens (tertiary/aromatic N) is 3. The molecule has 3 heterocycles. The van der Waals surface area contributed by atoms with Gasteiger partial charge in [0.05, 0.1) is 22.0 Å². The smallest absolute Gasteiger partial charge is 0.199 e. The minimum absolute atomic E-state index is 0.0416. The molecule has 33 heavy (non-hydrogen) atoms. The van der Waals surface area contributed by atoms with Crippen molar-refractivity contribution in [3.8, 4) is 0 Å². The summed E-state index contributed by atoms with van der Waals surface area (Å²) in [6.07, 6.45) is 3.28. The molecule has 1 aliphatic rings. The molecule has 2 aromatic heterocycles. The quantitative estimate of drug-likeness (QED) is 0.532. The van der Waals surface area contributed by atoms with Gasteiger partial charge in [0.2, 0.25) is 0 Å². The van der Waals surface area contributed by atoms with E-state index in [1.165, 1.54) is 24.4 Å². The Balaban J connectivity index is 1.40. The normalized spacial score (nSPS) is 15.0. The highest BCUT2D eigenvalue weighted by atomic mass is 35.5. The highest BCUT2D eigenvalue weighted by Crippen LogP contribution is 2.25. The van der Waals surface area contributed by atoms with Gasteiger partial charge in [0.25, 0.3) is 0 Å². The number of H-pyrrole nitrogens is 1. The molecule has 1 aromatic carbocycles. The minimum Gasteiger partial charge on any atom is -0.358 e. The monoisotopic (exact) mass is 468 g/mol. The first kappa shape index (κ1) is 23.3. The van der Waals surface area contributed by atoms with Gasteiger partial charge >= 0.3 is 0 Å². The van der Waals surface area contributed by atoms with Crippen LogP contribution < -0.4 is 0 Å². The number of benzene rings is 1. The van der Waals surface area contributed by atoms with Gasteiger partial charge in [0.1, 0.15) is 5.82 Å². The Labute approximate surface area is 197 Å². The molecule has 1 saturated heterocycles. The highest BCUT2D eigenvalue weighted by Gasteiger charge is 2.22. The van der Waals surface area contributed by atoms with Gasteiger partial charge in [-0.05, 0) is 43.3 Å². The standard InChI is InChI=1S/C25H26ClFN4O2/c1-16-3-6-20(26)23(24(16)27)25(33)18-12-21(29-14-18)22(32)11-17-4-5-19(28-13-17)15-31-9-7-30(2)8-10-31/h3-6,12-14,29H,7-11,15H2,1-2H3. The first-order chi connectivity index (χ1) is 15.8. The van der Waals surface area contributed by atoms with Crippen LogP contribution in [0.3, 0.4) is 0 Å². The summed E-state index contributed by atoms with van der Waals surface area (Å²) >= 11 is 6.05. The number of rotatable bonds is 7. The molecule has 8 heteroatoms. The second-order valence-corrected chi connectivity index (χ2v) is 8.93. The van der Waals surface area contributed by atoms with E-state index in [1.54, 1.807) is 13.1 Å². The molecular formula is C25H26ClFN4O2. The lowest BCUT2D eigenvalue weighted by Gasteiger charge is -2.32. The summed E-state index contributed by atoms with van der Waals surface area (Å²) in [5.41, 5.74) is 2.38. The van der Waals surface area contributed by atoms with E-state index < -0.39 is 11.6 Å². The van der Waals surface area contributed by atoms with Gasteiger partial charge in [-0.15, -0.1) is 0 Å². The summed E-state index contributed by atoms with van der Waals surface area (Å²) in [7, 11) is 2.13. The van der Waals surface area contributed by atoms with E-state index in [1.807, 2.05) is 12.1 Å². The van der Waals surface area contributed by atoms with Crippen molar-refractivity contribution in [2.24, 2.45) is 0 Å². The van der Waals surface area contributed by atoms with Gasteiger partial charge in [-0.25, -0.2) is 4.39 Å². The van der Waals surface area contributed by atoms with Gasteiger partial charge in [0.15, 0.2) is 11.6 Å². The van der Waals surface area contributed by atoms with Crippen molar-refractivity contribution >= 4 is 23.2 Å². The molecule has 3 aromatic rings. The number of carbonyl (C=O) groups is 2. The van der Waals surface area contributed by atoms with Crippen molar-refractivity contribution < 1.29 is 14.0 Å². The summed E-state index contributed by atoms with van der Waals surface area (Å²) in [4.78, 5) is 37.5. The van der Waals surface area contributed by atoms with Crippen LogP contribution >= 0.6 is 11.6 Å². The number of ketones is 2. The Morgan fingerprint density at radius 3 is 2.61 bits per heavy atom. The Hall–Kier alpha value is -2.87. The third-order valence-electron chi connectivity index (χ3n) is 5.99. The van der Waals surface area contributed by atoms with Gasteiger partial charge in [0, 0.05) is 57.1 Å². The molecule has 172 valence electrons. The number of aromatic nitrogens is 2. The Bertz CT molecular complexity index is 1170. The van der Waals surface area contributed by atoms with Crippen LogP contribution in [0.1, 0.15) is 43.2 Å². The maximum atomic E-state index is 14.5. The molecule has 1 N–H and O–H groups in total. The second kappa shape index (κ2) is 9.95. The van der Waals surface area contributed by atoms with Crippen LogP contribution in [0.2, 0.25) is 5.02 Å². The van der Waals surface area contributed by atoms with Crippen molar-refractivity contribution in [1.82, 2.24) is 19.8 Å². The van der Waals surface area contributed by atoms with E-state index in [9.17, 15) is 14.0 Å². The Morgan fingerprint density at radius 2 is 1.91 bits per heavy atom. The number of nitrogens with one attached hydrogen (secondary N) is 1. The SMILES string of the molecule is Cc1ccc(Cl)c(C(=O)c2c[nH]c(C(=O)Cc3ccc(CN4CCN(C)CC4)nc3)c2)c1F. The van der Waals surface area contributed by atoms with Crippen LogP contribution in [0, 0.1) is 12.7 Å². The zero-order valence-electron chi connectivity index (χ0n) is 18.7. The molecule has 0 spiro atoms.